The Morgan fingerprint density at radius 3 is 2.57 bits per heavy atom. The van der Waals surface area contributed by atoms with Gasteiger partial charge >= 0.3 is 6.03 Å². The number of thiophene rings is 1. The van der Waals surface area contributed by atoms with Gasteiger partial charge in [-0.05, 0) is 40.8 Å². The van der Waals surface area contributed by atoms with E-state index in [0.29, 0.717) is 6.54 Å². The van der Waals surface area contributed by atoms with Crippen LogP contribution in [-0.2, 0) is 11.3 Å². The first kappa shape index (κ1) is 19.3. The summed E-state index contributed by atoms with van der Waals surface area (Å²) in [4.78, 5) is 32.0. The summed E-state index contributed by atoms with van der Waals surface area (Å²) in [5, 5.41) is 7.01. The number of nitrogens with one attached hydrogen (secondary N) is 1. The topological polar surface area (TPSA) is 55.9 Å². The second-order valence-corrected chi connectivity index (χ2v) is 9.06. The van der Waals surface area contributed by atoms with Crippen LogP contribution in [0.25, 0.3) is 0 Å². The van der Waals surface area contributed by atoms with E-state index >= 15 is 0 Å². The van der Waals surface area contributed by atoms with Crippen molar-refractivity contribution in [2.75, 3.05) is 26.7 Å². The lowest BCUT2D eigenvalue weighted by molar-refractivity contribution is -0.128. The van der Waals surface area contributed by atoms with Crippen molar-refractivity contribution in [3.63, 3.8) is 0 Å². The van der Waals surface area contributed by atoms with Crippen LogP contribution >= 0.6 is 11.3 Å². The predicted octanol–water partition coefficient (Wildman–Crippen LogP) is 3.21. The monoisotopic (exact) mass is 422 g/mol. The van der Waals surface area contributed by atoms with Crippen molar-refractivity contribution in [2.45, 2.75) is 31.5 Å². The molecule has 0 bridgehead atoms. The van der Waals surface area contributed by atoms with Crippen LogP contribution in [0.15, 0.2) is 58.4 Å². The van der Waals surface area contributed by atoms with E-state index in [2.05, 4.69) is 34.5 Å². The zero-order valence-corrected chi connectivity index (χ0v) is 17.9. The average Bonchev–Trinajstić information content (AvgIpc) is 3.41. The first-order chi connectivity index (χ1) is 14.6. The van der Waals surface area contributed by atoms with Crippen LogP contribution in [0.5, 0.6) is 0 Å². The fourth-order valence-electron chi connectivity index (χ4n) is 4.80. The van der Waals surface area contributed by atoms with Crippen molar-refractivity contribution in [2.24, 2.45) is 0 Å². The van der Waals surface area contributed by atoms with Gasteiger partial charge in [-0.1, -0.05) is 30.3 Å². The van der Waals surface area contributed by atoms with E-state index in [-0.39, 0.29) is 24.0 Å². The number of piperidine rings is 1. The number of nitrogens with zero attached hydrogens (tertiary/aromatic N) is 3. The molecule has 1 saturated heterocycles. The molecule has 4 heterocycles. The molecule has 1 aromatic carbocycles. The van der Waals surface area contributed by atoms with Crippen LogP contribution in [0.3, 0.4) is 0 Å². The molecule has 0 spiro atoms. The van der Waals surface area contributed by atoms with Gasteiger partial charge in [0.2, 0.25) is 0 Å². The summed E-state index contributed by atoms with van der Waals surface area (Å²) in [6, 6.07) is 12.3. The fraction of sp³-hybridized carbons (Fsp3) is 0.391. The molecule has 156 valence electrons. The van der Waals surface area contributed by atoms with E-state index in [1.165, 1.54) is 5.56 Å². The van der Waals surface area contributed by atoms with Crippen LogP contribution in [-0.4, -0.2) is 59.4 Å². The molecule has 1 N–H and O–H groups in total. The van der Waals surface area contributed by atoms with E-state index in [0.717, 1.165) is 49.3 Å². The van der Waals surface area contributed by atoms with E-state index in [1.54, 1.807) is 23.3 Å². The molecule has 0 radical (unpaired) electrons. The lowest BCUT2D eigenvalue weighted by atomic mass is 9.97. The highest BCUT2D eigenvalue weighted by atomic mass is 32.1. The SMILES string of the molecule is CN1C(=O)N[C@H](c2ccsc2)C2=C1CN(C1CCN(Cc3ccccc3)CC1)C2=O. The van der Waals surface area contributed by atoms with Crippen LogP contribution in [0.2, 0.25) is 0 Å². The number of carbonyl (C=O) groups excluding carboxylic acids is 2. The zero-order chi connectivity index (χ0) is 20.7. The van der Waals surface area contributed by atoms with Crippen molar-refractivity contribution in [1.29, 1.82) is 0 Å². The number of urea groups is 1. The zero-order valence-electron chi connectivity index (χ0n) is 17.1. The highest BCUT2D eigenvalue weighted by Gasteiger charge is 2.45. The van der Waals surface area contributed by atoms with Crippen LogP contribution < -0.4 is 5.32 Å². The average molecular weight is 423 g/mol. The van der Waals surface area contributed by atoms with Crippen LogP contribution in [0, 0.1) is 0 Å². The summed E-state index contributed by atoms with van der Waals surface area (Å²) in [6.07, 6.45) is 1.93. The Morgan fingerprint density at radius 1 is 1.10 bits per heavy atom. The number of likely N-dealkylation sites (tertiary alicyclic amines) is 1. The minimum absolute atomic E-state index is 0.0783. The minimum atomic E-state index is -0.342. The molecule has 5 rings (SSSR count). The quantitative estimate of drug-likeness (QED) is 0.823. The lowest BCUT2D eigenvalue weighted by Crippen LogP contribution is -2.46. The maximum absolute atomic E-state index is 13.4. The van der Waals surface area contributed by atoms with Gasteiger partial charge in [0, 0.05) is 32.7 Å². The molecule has 3 aliphatic heterocycles. The molecule has 0 unspecified atom stereocenters. The second kappa shape index (κ2) is 7.89. The van der Waals surface area contributed by atoms with E-state index in [9.17, 15) is 9.59 Å². The number of amides is 3. The fourth-order valence-corrected chi connectivity index (χ4v) is 5.49. The van der Waals surface area contributed by atoms with Gasteiger partial charge in [0.1, 0.15) is 0 Å². The summed E-state index contributed by atoms with van der Waals surface area (Å²) in [5.74, 6) is 0.0783. The Balaban J connectivity index is 1.29. The van der Waals surface area contributed by atoms with Crippen molar-refractivity contribution in [3.05, 3.63) is 69.6 Å². The summed E-state index contributed by atoms with van der Waals surface area (Å²) in [6.45, 7) is 3.45. The van der Waals surface area contributed by atoms with E-state index in [4.69, 9.17) is 0 Å². The van der Waals surface area contributed by atoms with Gasteiger partial charge in [0.15, 0.2) is 0 Å². The first-order valence-electron chi connectivity index (χ1n) is 10.5. The molecule has 1 atom stereocenters. The van der Waals surface area contributed by atoms with Crippen LogP contribution in [0.4, 0.5) is 4.79 Å². The van der Waals surface area contributed by atoms with Crippen molar-refractivity contribution in [3.8, 4) is 0 Å². The largest absolute Gasteiger partial charge is 0.330 e. The smallest absolute Gasteiger partial charge is 0.322 e. The number of hydrogen-bond acceptors (Lipinski definition) is 4. The molecule has 0 saturated carbocycles. The molecular weight excluding hydrogens is 396 g/mol. The predicted molar refractivity (Wildman–Crippen MR) is 117 cm³/mol. The normalized spacial score (nSPS) is 23.2. The third-order valence-corrected chi connectivity index (χ3v) is 7.21. The standard InChI is InChI=1S/C23H26N4O2S/c1-25-19-14-27(18-7-10-26(11-8-18)13-16-5-3-2-4-6-16)22(28)20(19)21(24-23(25)29)17-9-12-30-15-17/h2-6,9,12,15,18,21H,7-8,10-11,13-14H2,1H3,(H,24,29)/t21-/m1/s1. The molecule has 3 amide bonds. The van der Waals surface area contributed by atoms with E-state index < -0.39 is 0 Å². The highest BCUT2D eigenvalue weighted by molar-refractivity contribution is 7.08. The van der Waals surface area contributed by atoms with Gasteiger partial charge in [-0.3, -0.25) is 14.6 Å². The Bertz CT molecular complexity index is 964. The van der Waals surface area contributed by atoms with Gasteiger partial charge in [-0.15, -0.1) is 0 Å². The maximum atomic E-state index is 13.4. The summed E-state index contributed by atoms with van der Waals surface area (Å²) in [5.41, 5.74) is 3.91. The van der Waals surface area contributed by atoms with Gasteiger partial charge in [-0.25, -0.2) is 4.79 Å². The third-order valence-electron chi connectivity index (χ3n) is 6.51. The Hall–Kier alpha value is -2.64. The van der Waals surface area contributed by atoms with Crippen molar-refractivity contribution >= 4 is 23.3 Å². The molecule has 2 aromatic rings. The molecule has 6 nitrogen and oxygen atoms in total. The number of likely N-dealkylation sites (N-methyl/N-ethyl adjacent to an activating group) is 1. The first-order valence-corrected chi connectivity index (χ1v) is 11.4. The molecular formula is C23H26N4O2S. The molecule has 30 heavy (non-hydrogen) atoms. The van der Waals surface area contributed by atoms with Crippen LogP contribution in [0.1, 0.15) is 30.0 Å². The summed E-state index contributed by atoms with van der Waals surface area (Å²) >= 11 is 1.58. The molecule has 1 fully saturated rings. The number of benzene rings is 1. The molecule has 3 aliphatic rings. The Labute approximate surface area is 180 Å². The summed E-state index contributed by atoms with van der Waals surface area (Å²) < 4.78 is 0. The molecule has 0 aliphatic carbocycles. The highest BCUT2D eigenvalue weighted by Crippen LogP contribution is 2.38. The number of hydrogen-bond donors (Lipinski definition) is 1. The third kappa shape index (κ3) is 3.42. The van der Waals surface area contributed by atoms with Gasteiger partial charge in [0.05, 0.1) is 23.9 Å². The molecule has 7 heteroatoms. The maximum Gasteiger partial charge on any atom is 0.322 e. The van der Waals surface area contributed by atoms with E-state index in [1.807, 2.05) is 27.8 Å². The Kier molecular flexibility index (Phi) is 5.08. The minimum Gasteiger partial charge on any atom is -0.330 e. The Morgan fingerprint density at radius 2 is 1.87 bits per heavy atom. The molecule has 1 aromatic heterocycles. The van der Waals surface area contributed by atoms with Gasteiger partial charge in [-0.2, -0.15) is 11.3 Å². The number of carbonyl (C=O) groups is 2. The van der Waals surface area contributed by atoms with Gasteiger partial charge in [0.25, 0.3) is 5.91 Å². The lowest BCUT2D eigenvalue weighted by Gasteiger charge is -2.37. The van der Waals surface area contributed by atoms with Crippen molar-refractivity contribution < 1.29 is 9.59 Å². The number of rotatable bonds is 4. The second-order valence-electron chi connectivity index (χ2n) is 8.28. The summed E-state index contributed by atoms with van der Waals surface area (Å²) in [7, 11) is 1.76. The van der Waals surface area contributed by atoms with Crippen molar-refractivity contribution in [1.82, 2.24) is 20.0 Å². The van der Waals surface area contributed by atoms with Gasteiger partial charge < -0.3 is 10.2 Å².